The Hall–Kier alpha value is -1.06. The molecule has 16 heavy (non-hydrogen) atoms. The molecule has 0 aliphatic heterocycles. The van der Waals surface area contributed by atoms with Crippen LogP contribution in [0.2, 0.25) is 0 Å². The van der Waals surface area contributed by atoms with Crippen molar-refractivity contribution in [3.05, 3.63) is 29.3 Å². The second kappa shape index (κ2) is 4.07. The molecular weight excluding hydrogens is 204 g/mol. The van der Waals surface area contributed by atoms with E-state index in [1.807, 2.05) is 25.1 Å². The van der Waals surface area contributed by atoms with Crippen LogP contribution in [0.4, 0.5) is 0 Å². The summed E-state index contributed by atoms with van der Waals surface area (Å²) >= 11 is 0. The lowest BCUT2D eigenvalue weighted by atomic mass is 9.71. The summed E-state index contributed by atoms with van der Waals surface area (Å²) in [4.78, 5) is 0. The largest absolute Gasteiger partial charge is 0.497 e. The zero-order valence-corrected chi connectivity index (χ0v) is 9.73. The highest BCUT2D eigenvalue weighted by Gasteiger charge is 2.35. The van der Waals surface area contributed by atoms with Crippen molar-refractivity contribution in [3.63, 3.8) is 0 Å². The molecule has 3 nitrogen and oxygen atoms in total. The third-order valence-corrected chi connectivity index (χ3v) is 3.59. The summed E-state index contributed by atoms with van der Waals surface area (Å²) in [6.07, 6.45) is 1.06. The Morgan fingerprint density at radius 1 is 1.50 bits per heavy atom. The summed E-state index contributed by atoms with van der Waals surface area (Å²) < 4.78 is 5.16. The molecule has 1 aliphatic carbocycles. The van der Waals surface area contributed by atoms with Gasteiger partial charge >= 0.3 is 0 Å². The van der Waals surface area contributed by atoms with Crippen LogP contribution < -0.4 is 4.74 Å². The van der Waals surface area contributed by atoms with E-state index >= 15 is 0 Å². The number of ether oxygens (including phenoxy) is 1. The number of benzene rings is 1. The van der Waals surface area contributed by atoms with Gasteiger partial charge in [0.2, 0.25) is 0 Å². The molecule has 0 saturated heterocycles. The molecule has 2 atom stereocenters. The molecule has 1 aliphatic rings. The molecule has 2 unspecified atom stereocenters. The summed E-state index contributed by atoms with van der Waals surface area (Å²) in [5, 5.41) is 19.5. The summed E-state index contributed by atoms with van der Waals surface area (Å²) in [7, 11) is 1.61. The molecule has 2 N–H and O–H groups in total. The minimum absolute atomic E-state index is 0.110. The molecule has 2 rings (SSSR count). The number of rotatable bonds is 2. The Balaban J connectivity index is 2.51. The third kappa shape index (κ3) is 1.70. The normalized spacial score (nSPS) is 28.6. The topological polar surface area (TPSA) is 49.7 Å². The highest BCUT2D eigenvalue weighted by atomic mass is 16.5. The van der Waals surface area contributed by atoms with Crippen molar-refractivity contribution in [1.29, 1.82) is 0 Å². The van der Waals surface area contributed by atoms with Crippen molar-refractivity contribution in [3.8, 4) is 5.75 Å². The van der Waals surface area contributed by atoms with Crippen molar-refractivity contribution in [2.45, 2.75) is 31.3 Å². The van der Waals surface area contributed by atoms with E-state index in [1.54, 1.807) is 7.11 Å². The number of fused-ring (bicyclic) bond motifs is 1. The lowest BCUT2D eigenvalue weighted by Crippen LogP contribution is -2.32. The van der Waals surface area contributed by atoms with Crippen LogP contribution in [-0.2, 0) is 5.41 Å². The number of aliphatic hydroxyl groups excluding tert-OH is 2. The van der Waals surface area contributed by atoms with Crippen molar-refractivity contribution in [1.82, 2.24) is 0 Å². The van der Waals surface area contributed by atoms with Gasteiger partial charge in [0.05, 0.1) is 19.8 Å². The molecule has 1 aromatic carbocycles. The number of aliphatic hydroxyl groups is 2. The van der Waals surface area contributed by atoms with E-state index in [0.717, 1.165) is 23.3 Å². The lowest BCUT2D eigenvalue weighted by molar-refractivity contribution is 0.111. The minimum Gasteiger partial charge on any atom is -0.497 e. The van der Waals surface area contributed by atoms with Gasteiger partial charge in [-0.3, -0.25) is 0 Å². The van der Waals surface area contributed by atoms with Crippen LogP contribution in [0.25, 0.3) is 0 Å². The van der Waals surface area contributed by atoms with Gasteiger partial charge in [-0.05, 0) is 36.1 Å². The predicted molar refractivity (Wildman–Crippen MR) is 61.6 cm³/mol. The zero-order valence-electron chi connectivity index (χ0n) is 9.73. The molecule has 0 saturated carbocycles. The first-order valence-electron chi connectivity index (χ1n) is 5.58. The Morgan fingerprint density at radius 3 is 2.88 bits per heavy atom. The van der Waals surface area contributed by atoms with Gasteiger partial charge in [-0.2, -0.15) is 0 Å². The lowest BCUT2D eigenvalue weighted by Gasteiger charge is -2.36. The SMILES string of the molecule is COc1ccc2c(c1)C(O)CCC2(C)CO. The van der Waals surface area contributed by atoms with E-state index in [1.165, 1.54) is 0 Å². The van der Waals surface area contributed by atoms with Crippen molar-refractivity contribution in [2.75, 3.05) is 13.7 Å². The zero-order chi connectivity index (χ0) is 11.8. The molecule has 88 valence electrons. The average Bonchev–Trinajstić information content (AvgIpc) is 2.34. The van der Waals surface area contributed by atoms with E-state index in [9.17, 15) is 10.2 Å². The summed E-state index contributed by atoms with van der Waals surface area (Å²) in [6, 6.07) is 5.70. The van der Waals surface area contributed by atoms with Crippen LogP contribution in [0.5, 0.6) is 5.75 Å². The maximum Gasteiger partial charge on any atom is 0.119 e. The van der Waals surface area contributed by atoms with Crippen LogP contribution in [0, 0.1) is 0 Å². The van der Waals surface area contributed by atoms with Crippen LogP contribution in [0.1, 0.15) is 37.0 Å². The molecule has 0 radical (unpaired) electrons. The van der Waals surface area contributed by atoms with Crippen LogP contribution in [0.3, 0.4) is 0 Å². The molecule has 0 heterocycles. The molecule has 1 aromatic rings. The quantitative estimate of drug-likeness (QED) is 0.801. The Labute approximate surface area is 95.7 Å². The molecule has 0 fully saturated rings. The second-order valence-corrected chi connectivity index (χ2v) is 4.73. The summed E-state index contributed by atoms with van der Waals surface area (Å²) in [5.74, 6) is 0.750. The van der Waals surface area contributed by atoms with Gasteiger partial charge in [0.25, 0.3) is 0 Å². The highest BCUT2D eigenvalue weighted by Crippen LogP contribution is 2.42. The monoisotopic (exact) mass is 222 g/mol. The van der Waals surface area contributed by atoms with Gasteiger partial charge < -0.3 is 14.9 Å². The Kier molecular flexibility index (Phi) is 2.91. The van der Waals surface area contributed by atoms with Crippen molar-refractivity contribution < 1.29 is 14.9 Å². The molecule has 0 aromatic heterocycles. The van der Waals surface area contributed by atoms with Gasteiger partial charge in [0, 0.05) is 5.41 Å². The summed E-state index contributed by atoms with van der Waals surface area (Å²) in [6.45, 7) is 2.14. The molecular formula is C13H18O3. The first kappa shape index (κ1) is 11.4. The standard InChI is InChI=1S/C13H18O3/c1-13(8-14)6-5-12(15)10-7-9(16-2)3-4-11(10)13/h3-4,7,12,14-15H,5-6,8H2,1-2H3. The van der Waals surface area contributed by atoms with Crippen molar-refractivity contribution in [2.24, 2.45) is 0 Å². The van der Waals surface area contributed by atoms with E-state index in [-0.39, 0.29) is 12.0 Å². The molecule has 0 spiro atoms. The van der Waals surface area contributed by atoms with Gasteiger partial charge in [-0.1, -0.05) is 13.0 Å². The second-order valence-electron chi connectivity index (χ2n) is 4.73. The molecule has 0 bridgehead atoms. The number of hydrogen-bond donors (Lipinski definition) is 2. The number of methoxy groups -OCH3 is 1. The van der Waals surface area contributed by atoms with E-state index in [0.29, 0.717) is 6.42 Å². The third-order valence-electron chi connectivity index (χ3n) is 3.59. The van der Waals surface area contributed by atoms with Crippen LogP contribution >= 0.6 is 0 Å². The smallest absolute Gasteiger partial charge is 0.119 e. The van der Waals surface area contributed by atoms with Crippen molar-refractivity contribution >= 4 is 0 Å². The fourth-order valence-electron chi connectivity index (χ4n) is 2.40. The van der Waals surface area contributed by atoms with E-state index in [2.05, 4.69) is 0 Å². The van der Waals surface area contributed by atoms with Gasteiger partial charge in [0.15, 0.2) is 0 Å². The maximum absolute atomic E-state index is 9.97. The Bertz CT molecular complexity index is 389. The van der Waals surface area contributed by atoms with Crippen LogP contribution in [-0.4, -0.2) is 23.9 Å². The maximum atomic E-state index is 9.97. The molecule has 0 amide bonds. The predicted octanol–water partition coefficient (Wildman–Crippen LogP) is 1.77. The average molecular weight is 222 g/mol. The molecule has 3 heteroatoms. The van der Waals surface area contributed by atoms with Gasteiger partial charge in [-0.25, -0.2) is 0 Å². The minimum atomic E-state index is -0.440. The fourth-order valence-corrected chi connectivity index (χ4v) is 2.40. The first-order valence-corrected chi connectivity index (χ1v) is 5.58. The number of hydrogen-bond acceptors (Lipinski definition) is 3. The Morgan fingerprint density at radius 2 is 2.25 bits per heavy atom. The van der Waals surface area contributed by atoms with Gasteiger partial charge in [0.1, 0.15) is 5.75 Å². The van der Waals surface area contributed by atoms with Crippen LogP contribution in [0.15, 0.2) is 18.2 Å². The van der Waals surface area contributed by atoms with Gasteiger partial charge in [-0.15, -0.1) is 0 Å². The van der Waals surface area contributed by atoms with E-state index in [4.69, 9.17) is 4.74 Å². The highest BCUT2D eigenvalue weighted by molar-refractivity contribution is 5.43. The summed E-state index contributed by atoms with van der Waals surface area (Å²) in [5.41, 5.74) is 1.69. The first-order chi connectivity index (χ1) is 7.60. The van der Waals surface area contributed by atoms with E-state index < -0.39 is 6.10 Å². The fraction of sp³-hybridized carbons (Fsp3) is 0.538.